The van der Waals surface area contributed by atoms with Crippen molar-refractivity contribution in [2.75, 3.05) is 19.7 Å². The number of aliphatic hydroxyl groups excluding tert-OH is 1. The Balaban J connectivity index is 0.000000293. The van der Waals surface area contributed by atoms with Gasteiger partial charge >= 0.3 is 0 Å². The number of carbonyl (C=O) groups is 1. The van der Waals surface area contributed by atoms with Crippen molar-refractivity contribution in [3.05, 3.63) is 0 Å². The molecule has 1 saturated heterocycles. The molecule has 0 unspecified atom stereocenters. The molecule has 0 radical (unpaired) electrons. The van der Waals surface area contributed by atoms with Crippen LogP contribution in [0, 0.1) is 5.92 Å². The van der Waals surface area contributed by atoms with Gasteiger partial charge in [-0.05, 0) is 59.0 Å². The summed E-state index contributed by atoms with van der Waals surface area (Å²) in [6.45, 7) is 8.57. The maximum absolute atomic E-state index is 9.60. The average Bonchev–Trinajstić information content (AvgIpc) is 2.19. The van der Waals surface area contributed by atoms with Crippen LogP contribution in [0.25, 0.3) is 0 Å². The predicted molar refractivity (Wildman–Crippen MR) is 64.2 cm³/mol. The van der Waals surface area contributed by atoms with E-state index in [0.717, 1.165) is 25.4 Å². The van der Waals surface area contributed by atoms with Crippen molar-refractivity contribution in [3.8, 4) is 0 Å². The molecule has 96 valence electrons. The van der Waals surface area contributed by atoms with Gasteiger partial charge in [0.25, 0.3) is 6.47 Å². The van der Waals surface area contributed by atoms with E-state index in [1.54, 1.807) is 0 Å². The van der Waals surface area contributed by atoms with E-state index in [0.29, 0.717) is 13.1 Å². The summed E-state index contributed by atoms with van der Waals surface area (Å²) in [5.41, 5.74) is -0.318. The summed E-state index contributed by atoms with van der Waals surface area (Å²) >= 11 is 0. The summed E-state index contributed by atoms with van der Waals surface area (Å²) in [6, 6.07) is 0. The quantitative estimate of drug-likeness (QED) is 0.719. The lowest BCUT2D eigenvalue weighted by Crippen LogP contribution is -2.28. The van der Waals surface area contributed by atoms with Crippen molar-refractivity contribution in [2.45, 2.75) is 45.6 Å². The third-order valence-corrected chi connectivity index (χ3v) is 2.40. The summed E-state index contributed by atoms with van der Waals surface area (Å²) in [5.74, 6) is 0.788. The average molecular weight is 231 g/mol. The number of ether oxygens (including phenoxy) is 1. The van der Waals surface area contributed by atoms with Gasteiger partial charge in [-0.3, -0.25) is 4.79 Å². The number of rotatable bonds is 3. The van der Waals surface area contributed by atoms with E-state index in [-0.39, 0.29) is 5.60 Å². The lowest BCUT2D eigenvalue weighted by molar-refractivity contribution is -0.138. The third kappa shape index (κ3) is 9.93. The van der Waals surface area contributed by atoms with Crippen molar-refractivity contribution >= 4 is 6.47 Å². The van der Waals surface area contributed by atoms with Crippen LogP contribution in [-0.4, -0.2) is 36.9 Å². The Labute approximate surface area is 98.4 Å². The largest absolute Gasteiger partial charge is 0.462 e. The van der Waals surface area contributed by atoms with Crippen LogP contribution in [-0.2, 0) is 9.53 Å². The molecule has 0 aromatic carbocycles. The summed E-state index contributed by atoms with van der Waals surface area (Å²) in [6.07, 6.45) is 3.50. The molecule has 4 nitrogen and oxygen atoms in total. The third-order valence-electron chi connectivity index (χ3n) is 2.40. The molecule has 0 spiro atoms. The SMILES string of the molecule is CC(C)(C)OC=O.OCCC1CCNCC1. The summed E-state index contributed by atoms with van der Waals surface area (Å²) in [4.78, 5) is 9.60. The fraction of sp³-hybridized carbons (Fsp3) is 0.917. The molecule has 0 aromatic heterocycles. The van der Waals surface area contributed by atoms with E-state index in [1.165, 1.54) is 12.8 Å². The van der Waals surface area contributed by atoms with E-state index in [1.807, 2.05) is 20.8 Å². The Hall–Kier alpha value is -0.610. The maximum Gasteiger partial charge on any atom is 0.293 e. The van der Waals surface area contributed by atoms with Crippen LogP contribution in [0.5, 0.6) is 0 Å². The second-order valence-electron chi connectivity index (χ2n) is 5.03. The molecule has 1 rings (SSSR count). The smallest absolute Gasteiger partial charge is 0.293 e. The molecule has 16 heavy (non-hydrogen) atoms. The molecular formula is C12H25NO3. The van der Waals surface area contributed by atoms with Gasteiger partial charge in [0.1, 0.15) is 5.60 Å². The van der Waals surface area contributed by atoms with Crippen LogP contribution in [0.2, 0.25) is 0 Å². The summed E-state index contributed by atoms with van der Waals surface area (Å²) < 4.78 is 4.55. The summed E-state index contributed by atoms with van der Waals surface area (Å²) in [7, 11) is 0. The number of nitrogens with one attached hydrogen (secondary N) is 1. The first kappa shape index (κ1) is 15.4. The highest BCUT2D eigenvalue weighted by molar-refractivity contribution is 5.37. The van der Waals surface area contributed by atoms with Gasteiger partial charge in [-0.2, -0.15) is 0 Å². The van der Waals surface area contributed by atoms with E-state index in [9.17, 15) is 4.79 Å². The highest BCUT2D eigenvalue weighted by Crippen LogP contribution is 2.14. The van der Waals surface area contributed by atoms with Gasteiger partial charge in [-0.25, -0.2) is 0 Å². The van der Waals surface area contributed by atoms with Crippen LogP contribution < -0.4 is 5.32 Å². The van der Waals surface area contributed by atoms with Gasteiger partial charge in [0, 0.05) is 6.61 Å². The Bertz CT molecular complexity index is 169. The van der Waals surface area contributed by atoms with Crippen LogP contribution in [0.3, 0.4) is 0 Å². The van der Waals surface area contributed by atoms with Crippen molar-refractivity contribution in [2.24, 2.45) is 5.92 Å². The number of hydrogen-bond acceptors (Lipinski definition) is 4. The molecular weight excluding hydrogens is 206 g/mol. The first-order valence-corrected chi connectivity index (χ1v) is 5.92. The van der Waals surface area contributed by atoms with Crippen molar-refractivity contribution < 1.29 is 14.6 Å². The molecule has 1 fully saturated rings. The van der Waals surface area contributed by atoms with Gasteiger partial charge in [-0.15, -0.1) is 0 Å². The molecule has 1 aliphatic rings. The van der Waals surface area contributed by atoms with Crippen molar-refractivity contribution in [1.82, 2.24) is 5.32 Å². The van der Waals surface area contributed by atoms with E-state index in [4.69, 9.17) is 5.11 Å². The van der Waals surface area contributed by atoms with Crippen LogP contribution in [0.1, 0.15) is 40.0 Å². The van der Waals surface area contributed by atoms with Crippen molar-refractivity contribution in [1.29, 1.82) is 0 Å². The standard InChI is InChI=1S/C7H15NO.C5H10O2/c9-6-3-7-1-4-8-5-2-7;1-5(2,3)7-4-6/h7-9H,1-6H2;4H,1-3H3. The van der Waals surface area contributed by atoms with Gasteiger partial charge < -0.3 is 15.2 Å². The predicted octanol–water partition coefficient (Wildman–Crippen LogP) is 1.33. The fourth-order valence-corrected chi connectivity index (χ4v) is 1.50. The van der Waals surface area contributed by atoms with Gasteiger partial charge in [0.05, 0.1) is 0 Å². The maximum atomic E-state index is 9.60. The van der Waals surface area contributed by atoms with Crippen LogP contribution in [0.15, 0.2) is 0 Å². The second kappa shape index (κ2) is 8.53. The Morgan fingerprint density at radius 3 is 2.25 bits per heavy atom. The molecule has 2 N–H and O–H groups in total. The molecule has 0 bridgehead atoms. The number of aliphatic hydroxyl groups is 1. The topological polar surface area (TPSA) is 58.6 Å². The summed E-state index contributed by atoms with van der Waals surface area (Å²) in [5, 5.41) is 11.9. The molecule has 0 atom stereocenters. The highest BCUT2D eigenvalue weighted by Gasteiger charge is 2.10. The number of hydrogen-bond donors (Lipinski definition) is 2. The molecule has 1 heterocycles. The zero-order valence-corrected chi connectivity index (χ0v) is 10.7. The van der Waals surface area contributed by atoms with Crippen LogP contribution in [0.4, 0.5) is 0 Å². The normalized spacial score (nSPS) is 17.2. The molecule has 0 aliphatic carbocycles. The Morgan fingerprint density at radius 2 is 1.94 bits per heavy atom. The van der Waals surface area contributed by atoms with Gasteiger partial charge in [0.15, 0.2) is 0 Å². The van der Waals surface area contributed by atoms with Crippen LogP contribution >= 0.6 is 0 Å². The Morgan fingerprint density at radius 1 is 1.38 bits per heavy atom. The van der Waals surface area contributed by atoms with Crippen molar-refractivity contribution in [3.63, 3.8) is 0 Å². The first-order chi connectivity index (χ1) is 7.49. The second-order valence-corrected chi connectivity index (χ2v) is 5.03. The zero-order valence-electron chi connectivity index (χ0n) is 10.7. The minimum atomic E-state index is -0.318. The van der Waals surface area contributed by atoms with E-state index in [2.05, 4.69) is 10.1 Å². The number of carbonyl (C=O) groups excluding carboxylic acids is 1. The molecule has 1 aliphatic heterocycles. The first-order valence-electron chi connectivity index (χ1n) is 5.92. The lowest BCUT2D eigenvalue weighted by Gasteiger charge is -2.21. The van der Waals surface area contributed by atoms with Gasteiger partial charge in [-0.1, -0.05) is 0 Å². The monoisotopic (exact) mass is 231 g/mol. The van der Waals surface area contributed by atoms with E-state index < -0.39 is 0 Å². The molecule has 0 aromatic rings. The molecule has 0 saturated carbocycles. The zero-order chi connectivity index (χ0) is 12.4. The van der Waals surface area contributed by atoms with Gasteiger partial charge in [0.2, 0.25) is 0 Å². The minimum Gasteiger partial charge on any atom is -0.462 e. The van der Waals surface area contributed by atoms with E-state index >= 15 is 0 Å². The minimum absolute atomic E-state index is 0.318. The number of piperidine rings is 1. The highest BCUT2D eigenvalue weighted by atomic mass is 16.5. The lowest BCUT2D eigenvalue weighted by atomic mass is 9.95. The molecule has 0 amide bonds. The Kier molecular flexibility index (Phi) is 8.21. The molecule has 4 heteroatoms. The fourth-order valence-electron chi connectivity index (χ4n) is 1.50.